The van der Waals surface area contributed by atoms with E-state index in [4.69, 9.17) is 18.9 Å². The lowest BCUT2D eigenvalue weighted by molar-refractivity contribution is -0.237. The number of carbonyl (C=O) groups excluding carboxylic acids is 1. The van der Waals surface area contributed by atoms with Crippen molar-refractivity contribution < 1.29 is 42.0 Å². The molecule has 0 radical (unpaired) electrons. The van der Waals surface area contributed by atoms with Crippen LogP contribution in [0.25, 0.3) is 0 Å². The smallest absolute Gasteiger partial charge is 0.422 e. The number of carbonyl (C=O) groups is 1. The maximum absolute atomic E-state index is 13.2. The Morgan fingerprint density at radius 2 is 1.70 bits per heavy atom. The fourth-order valence-corrected chi connectivity index (χ4v) is 2.04. The molecule has 0 aliphatic heterocycles. The molecule has 152 valence electrons. The number of rotatable bonds is 9. The lowest BCUT2D eigenvalue weighted by Crippen LogP contribution is -2.52. The molecule has 1 aromatic carbocycles. The fourth-order valence-electron chi connectivity index (χ4n) is 2.04. The van der Waals surface area contributed by atoms with E-state index in [2.05, 4.69) is 0 Å². The van der Waals surface area contributed by atoms with Gasteiger partial charge in [-0.05, 0) is 25.1 Å². The molecule has 0 aliphatic carbocycles. The van der Waals surface area contributed by atoms with Gasteiger partial charge in [-0.3, -0.25) is 4.79 Å². The van der Waals surface area contributed by atoms with Crippen molar-refractivity contribution in [1.29, 1.82) is 0 Å². The SMILES string of the molecule is CCO/C=C/[C@](O)(CNC(=O)c1cc(OC)c(OC)c(OC)c1)C(F)(F)F. The van der Waals surface area contributed by atoms with Gasteiger partial charge in [-0.1, -0.05) is 0 Å². The molecule has 0 saturated heterocycles. The third kappa shape index (κ3) is 5.43. The van der Waals surface area contributed by atoms with Gasteiger partial charge in [0.1, 0.15) is 0 Å². The monoisotopic (exact) mass is 393 g/mol. The Morgan fingerprint density at radius 1 is 1.15 bits per heavy atom. The van der Waals surface area contributed by atoms with Crippen molar-refractivity contribution in [1.82, 2.24) is 5.32 Å². The van der Waals surface area contributed by atoms with Gasteiger partial charge < -0.3 is 29.4 Å². The largest absolute Gasteiger partial charge is 0.502 e. The van der Waals surface area contributed by atoms with E-state index in [-0.39, 0.29) is 29.4 Å². The molecule has 27 heavy (non-hydrogen) atoms. The Balaban J connectivity index is 3.06. The highest BCUT2D eigenvalue weighted by molar-refractivity contribution is 5.95. The van der Waals surface area contributed by atoms with Crippen molar-refractivity contribution in [3.63, 3.8) is 0 Å². The molecule has 7 nitrogen and oxygen atoms in total. The first-order valence-electron chi connectivity index (χ1n) is 7.80. The van der Waals surface area contributed by atoms with Crippen molar-refractivity contribution in [2.75, 3.05) is 34.5 Å². The lowest BCUT2D eigenvalue weighted by atomic mass is 10.0. The zero-order valence-electron chi connectivity index (χ0n) is 15.3. The number of hydrogen-bond acceptors (Lipinski definition) is 6. The van der Waals surface area contributed by atoms with Gasteiger partial charge in [0.25, 0.3) is 5.91 Å². The van der Waals surface area contributed by atoms with E-state index in [1.807, 2.05) is 5.32 Å². The van der Waals surface area contributed by atoms with Crippen LogP contribution in [0.4, 0.5) is 13.2 Å². The summed E-state index contributed by atoms with van der Waals surface area (Å²) in [6, 6.07) is 2.55. The van der Waals surface area contributed by atoms with Gasteiger partial charge in [0.05, 0.1) is 40.7 Å². The number of benzene rings is 1. The summed E-state index contributed by atoms with van der Waals surface area (Å²) in [5.74, 6) is -0.335. The van der Waals surface area contributed by atoms with E-state index in [1.54, 1.807) is 6.92 Å². The second kappa shape index (κ2) is 9.36. The standard InChI is InChI=1S/C17H22F3NO6/c1-5-27-7-6-16(23,17(18,19)20)10-21-15(22)11-8-12(24-2)14(26-4)13(9-11)25-3/h6-9,23H,5,10H2,1-4H3,(H,21,22)/b7-6+/t16-/m0/s1. The molecule has 0 heterocycles. The van der Waals surface area contributed by atoms with Crippen LogP contribution < -0.4 is 19.5 Å². The molecule has 2 N–H and O–H groups in total. The number of hydrogen-bond donors (Lipinski definition) is 2. The van der Waals surface area contributed by atoms with Gasteiger partial charge in [-0.25, -0.2) is 0 Å². The van der Waals surface area contributed by atoms with Crippen LogP contribution in [0.1, 0.15) is 17.3 Å². The summed E-state index contributed by atoms with van der Waals surface area (Å²) < 4.78 is 59.5. The van der Waals surface area contributed by atoms with E-state index in [0.717, 1.165) is 6.26 Å². The Bertz CT molecular complexity index is 652. The van der Waals surface area contributed by atoms with E-state index in [9.17, 15) is 23.1 Å². The van der Waals surface area contributed by atoms with E-state index >= 15 is 0 Å². The Hall–Kier alpha value is -2.62. The number of amides is 1. The molecule has 1 aromatic rings. The van der Waals surface area contributed by atoms with Crippen LogP contribution >= 0.6 is 0 Å². The molecule has 0 spiro atoms. The Morgan fingerprint density at radius 3 is 2.11 bits per heavy atom. The highest BCUT2D eigenvalue weighted by Gasteiger charge is 2.52. The molecule has 0 aromatic heterocycles. The topological polar surface area (TPSA) is 86.3 Å². The molecular formula is C17H22F3NO6. The Kier molecular flexibility index (Phi) is 7.77. The zero-order chi connectivity index (χ0) is 20.7. The van der Waals surface area contributed by atoms with Crippen molar-refractivity contribution >= 4 is 5.91 Å². The molecule has 10 heteroatoms. The minimum absolute atomic E-state index is 0.0391. The molecule has 0 bridgehead atoms. The second-order valence-corrected chi connectivity index (χ2v) is 5.28. The molecule has 0 unspecified atom stereocenters. The summed E-state index contributed by atoms with van der Waals surface area (Å²) in [7, 11) is 4.04. The number of methoxy groups -OCH3 is 3. The number of alkyl halides is 3. The first kappa shape index (κ1) is 22.4. The zero-order valence-corrected chi connectivity index (χ0v) is 15.3. The average molecular weight is 393 g/mol. The van der Waals surface area contributed by atoms with E-state index < -0.39 is 24.2 Å². The van der Waals surface area contributed by atoms with Crippen molar-refractivity contribution in [3.8, 4) is 17.2 Å². The van der Waals surface area contributed by atoms with E-state index in [0.29, 0.717) is 6.08 Å². The number of nitrogens with one attached hydrogen (secondary N) is 1. The Labute approximate surface area is 154 Å². The van der Waals surface area contributed by atoms with Crippen LogP contribution in [0.5, 0.6) is 17.2 Å². The van der Waals surface area contributed by atoms with Gasteiger partial charge in [-0.2, -0.15) is 13.2 Å². The second-order valence-electron chi connectivity index (χ2n) is 5.28. The highest BCUT2D eigenvalue weighted by atomic mass is 19.4. The summed E-state index contributed by atoms with van der Waals surface area (Å²) in [4.78, 5) is 12.3. The quantitative estimate of drug-likeness (QED) is 0.626. The predicted molar refractivity (Wildman–Crippen MR) is 90.2 cm³/mol. The van der Waals surface area contributed by atoms with Crippen LogP contribution in [0.15, 0.2) is 24.5 Å². The lowest BCUT2D eigenvalue weighted by Gasteiger charge is -2.27. The van der Waals surface area contributed by atoms with Crippen molar-refractivity contribution in [2.24, 2.45) is 0 Å². The highest BCUT2D eigenvalue weighted by Crippen LogP contribution is 2.38. The fraction of sp³-hybridized carbons (Fsp3) is 0.471. The minimum atomic E-state index is -5.02. The predicted octanol–water partition coefficient (Wildman–Crippen LogP) is 2.29. The van der Waals surface area contributed by atoms with Gasteiger partial charge in [0.15, 0.2) is 17.1 Å². The average Bonchev–Trinajstić information content (AvgIpc) is 2.63. The molecule has 0 saturated carbocycles. The van der Waals surface area contributed by atoms with Gasteiger partial charge in [0.2, 0.25) is 5.75 Å². The number of halogens is 3. The molecule has 1 amide bonds. The van der Waals surface area contributed by atoms with Crippen LogP contribution in [0, 0.1) is 0 Å². The normalized spacial score (nSPS) is 13.8. The summed E-state index contributed by atoms with van der Waals surface area (Å²) in [5.41, 5.74) is -3.33. The molecular weight excluding hydrogens is 371 g/mol. The number of aliphatic hydroxyl groups is 1. The van der Waals surface area contributed by atoms with Crippen molar-refractivity contribution in [2.45, 2.75) is 18.7 Å². The van der Waals surface area contributed by atoms with Crippen LogP contribution in [0.3, 0.4) is 0 Å². The van der Waals surface area contributed by atoms with Crippen LogP contribution in [-0.4, -0.2) is 57.3 Å². The molecule has 1 rings (SSSR count). The first-order valence-corrected chi connectivity index (χ1v) is 7.80. The third-order valence-electron chi connectivity index (χ3n) is 3.54. The summed E-state index contributed by atoms with van der Waals surface area (Å²) in [5, 5.41) is 11.9. The number of ether oxygens (including phenoxy) is 4. The van der Waals surface area contributed by atoms with Gasteiger partial charge >= 0.3 is 6.18 Å². The molecule has 0 aliphatic rings. The maximum Gasteiger partial charge on any atom is 0.422 e. The third-order valence-corrected chi connectivity index (χ3v) is 3.54. The summed E-state index contributed by atoms with van der Waals surface area (Å²) in [6.45, 7) is 0.584. The molecule has 0 fully saturated rings. The van der Waals surface area contributed by atoms with E-state index in [1.165, 1.54) is 33.5 Å². The first-order chi connectivity index (χ1) is 12.6. The van der Waals surface area contributed by atoms with Crippen LogP contribution in [0.2, 0.25) is 0 Å². The summed E-state index contributed by atoms with van der Waals surface area (Å²) >= 11 is 0. The van der Waals surface area contributed by atoms with Gasteiger partial charge in [0, 0.05) is 5.56 Å². The minimum Gasteiger partial charge on any atom is -0.502 e. The van der Waals surface area contributed by atoms with Crippen molar-refractivity contribution in [3.05, 3.63) is 30.0 Å². The maximum atomic E-state index is 13.2. The van der Waals surface area contributed by atoms with Crippen LogP contribution in [-0.2, 0) is 4.74 Å². The summed E-state index contributed by atoms with van der Waals surface area (Å²) in [6.07, 6.45) is -3.85. The van der Waals surface area contributed by atoms with Gasteiger partial charge in [-0.15, -0.1) is 0 Å². The molecule has 1 atom stereocenters.